The Bertz CT molecular complexity index is 1350. The quantitative estimate of drug-likeness (QED) is 0.266. The Hall–Kier alpha value is -4.29. The predicted octanol–water partition coefficient (Wildman–Crippen LogP) is 5.81. The van der Waals surface area contributed by atoms with Crippen molar-refractivity contribution in [3.05, 3.63) is 131 Å². The van der Waals surface area contributed by atoms with Crippen LogP contribution in [0.3, 0.4) is 0 Å². The molecule has 0 saturated heterocycles. The number of nitrogens with one attached hydrogen (secondary N) is 1. The van der Waals surface area contributed by atoms with Gasteiger partial charge in [0.15, 0.2) is 6.61 Å². The summed E-state index contributed by atoms with van der Waals surface area (Å²) in [4.78, 5) is 29.0. The summed E-state index contributed by atoms with van der Waals surface area (Å²) < 4.78 is 11.2. The first-order valence-electron chi connectivity index (χ1n) is 12.2. The maximum absolute atomic E-state index is 13.8. The average Bonchev–Trinajstić information content (AvgIpc) is 2.96. The van der Waals surface area contributed by atoms with Gasteiger partial charge in [-0.3, -0.25) is 9.59 Å². The third-order valence-corrected chi connectivity index (χ3v) is 6.34. The lowest BCUT2D eigenvalue weighted by atomic mass is 10.0. The summed E-state index contributed by atoms with van der Waals surface area (Å²) in [5.41, 5.74) is 2.40. The second-order valence-electron chi connectivity index (χ2n) is 8.57. The molecule has 7 heteroatoms. The summed E-state index contributed by atoms with van der Waals surface area (Å²) >= 11 is 6.23. The second-order valence-corrected chi connectivity index (χ2v) is 8.98. The molecular weight excluding hydrogens is 500 g/mol. The monoisotopic (exact) mass is 528 g/mol. The van der Waals surface area contributed by atoms with Crippen LogP contribution in [0.25, 0.3) is 0 Å². The van der Waals surface area contributed by atoms with Crippen LogP contribution < -0.4 is 14.8 Å². The highest BCUT2D eigenvalue weighted by atomic mass is 35.5. The van der Waals surface area contributed by atoms with Gasteiger partial charge in [0, 0.05) is 18.7 Å². The van der Waals surface area contributed by atoms with Crippen molar-refractivity contribution < 1.29 is 19.1 Å². The van der Waals surface area contributed by atoms with Crippen molar-refractivity contribution in [1.82, 2.24) is 10.2 Å². The molecular formula is C31H29ClN2O4. The largest absolute Gasteiger partial charge is 0.496 e. The average molecular weight is 529 g/mol. The molecule has 2 amide bonds. The number of benzene rings is 4. The number of para-hydroxylation sites is 2. The summed E-state index contributed by atoms with van der Waals surface area (Å²) in [5, 5.41) is 3.41. The third-order valence-electron chi connectivity index (χ3n) is 6.02. The van der Waals surface area contributed by atoms with Crippen LogP contribution in [-0.4, -0.2) is 30.4 Å². The Labute approximate surface area is 227 Å². The number of hydrogen-bond acceptors (Lipinski definition) is 4. The SMILES string of the molecule is COc1ccccc1CNC(=O)C(c1ccccc1)N(Cc1ccccc1)C(=O)COc1ccccc1Cl. The van der Waals surface area contributed by atoms with Crippen LogP contribution in [0, 0.1) is 0 Å². The highest BCUT2D eigenvalue weighted by Crippen LogP contribution is 2.27. The zero-order valence-corrected chi connectivity index (χ0v) is 21.8. The van der Waals surface area contributed by atoms with Gasteiger partial charge in [0.1, 0.15) is 17.5 Å². The molecule has 0 saturated carbocycles. The van der Waals surface area contributed by atoms with E-state index in [2.05, 4.69) is 5.32 Å². The Morgan fingerprint density at radius 1 is 0.816 bits per heavy atom. The number of hydrogen-bond donors (Lipinski definition) is 1. The molecule has 0 bridgehead atoms. The topological polar surface area (TPSA) is 67.9 Å². The molecule has 0 aliphatic heterocycles. The molecule has 0 aliphatic carbocycles. The minimum absolute atomic E-state index is 0.215. The molecule has 0 aromatic heterocycles. The lowest BCUT2D eigenvalue weighted by Crippen LogP contribution is -2.45. The van der Waals surface area contributed by atoms with Gasteiger partial charge < -0.3 is 19.7 Å². The zero-order chi connectivity index (χ0) is 26.7. The molecule has 0 spiro atoms. The van der Waals surface area contributed by atoms with E-state index in [0.29, 0.717) is 22.1 Å². The lowest BCUT2D eigenvalue weighted by Gasteiger charge is -2.31. The molecule has 6 nitrogen and oxygen atoms in total. The molecule has 38 heavy (non-hydrogen) atoms. The normalized spacial score (nSPS) is 11.3. The number of carbonyl (C=O) groups excluding carboxylic acids is 2. The van der Waals surface area contributed by atoms with Crippen LogP contribution in [-0.2, 0) is 22.7 Å². The second kappa shape index (κ2) is 13.3. The van der Waals surface area contributed by atoms with E-state index in [1.807, 2.05) is 84.9 Å². The van der Waals surface area contributed by atoms with E-state index in [4.69, 9.17) is 21.1 Å². The first-order valence-corrected chi connectivity index (χ1v) is 12.6. The van der Waals surface area contributed by atoms with Crippen LogP contribution in [0.4, 0.5) is 0 Å². The van der Waals surface area contributed by atoms with E-state index in [1.54, 1.807) is 36.3 Å². The van der Waals surface area contributed by atoms with Gasteiger partial charge in [-0.15, -0.1) is 0 Å². The van der Waals surface area contributed by atoms with Gasteiger partial charge in [0.25, 0.3) is 5.91 Å². The standard InChI is InChI=1S/C31H29ClN2O4/c1-37-27-18-10-8-16-25(27)20-33-31(36)30(24-14-6-3-7-15-24)34(21-23-12-4-2-5-13-23)29(35)22-38-28-19-11-9-17-26(28)32/h2-19,30H,20-22H2,1H3,(H,33,36). The molecule has 1 N–H and O–H groups in total. The minimum atomic E-state index is -0.895. The van der Waals surface area contributed by atoms with Crippen molar-refractivity contribution in [3.8, 4) is 11.5 Å². The summed E-state index contributed by atoms with van der Waals surface area (Å²) in [7, 11) is 1.59. The summed E-state index contributed by atoms with van der Waals surface area (Å²) in [6, 6.07) is 32.4. The van der Waals surface area contributed by atoms with Gasteiger partial charge in [0.2, 0.25) is 5.91 Å². The van der Waals surface area contributed by atoms with Crippen molar-refractivity contribution in [2.45, 2.75) is 19.1 Å². The van der Waals surface area contributed by atoms with Gasteiger partial charge in [-0.25, -0.2) is 0 Å². The van der Waals surface area contributed by atoms with Crippen LogP contribution in [0.2, 0.25) is 5.02 Å². The molecule has 1 atom stereocenters. The van der Waals surface area contributed by atoms with Gasteiger partial charge in [-0.1, -0.05) is 103 Å². The Kier molecular flexibility index (Phi) is 9.37. The lowest BCUT2D eigenvalue weighted by molar-refractivity contribution is -0.143. The minimum Gasteiger partial charge on any atom is -0.496 e. The van der Waals surface area contributed by atoms with Gasteiger partial charge in [-0.05, 0) is 29.3 Å². The third kappa shape index (κ3) is 6.93. The molecule has 0 fully saturated rings. The van der Waals surface area contributed by atoms with Crippen LogP contribution in [0.5, 0.6) is 11.5 Å². The highest BCUT2D eigenvalue weighted by molar-refractivity contribution is 6.32. The molecule has 4 aromatic rings. The first kappa shape index (κ1) is 26.8. The Morgan fingerprint density at radius 2 is 1.42 bits per heavy atom. The number of amides is 2. The van der Waals surface area contributed by atoms with E-state index in [9.17, 15) is 9.59 Å². The molecule has 1 unspecified atom stereocenters. The number of nitrogens with zero attached hydrogens (tertiary/aromatic N) is 1. The number of halogens is 1. The van der Waals surface area contributed by atoms with Gasteiger partial charge in [0.05, 0.1) is 12.1 Å². The summed E-state index contributed by atoms with van der Waals surface area (Å²) in [6.07, 6.45) is 0. The van der Waals surface area contributed by atoms with Gasteiger partial charge in [-0.2, -0.15) is 0 Å². The molecule has 0 aliphatic rings. The van der Waals surface area contributed by atoms with E-state index in [-0.39, 0.29) is 31.5 Å². The molecule has 4 aromatic carbocycles. The predicted molar refractivity (Wildman–Crippen MR) is 148 cm³/mol. The van der Waals surface area contributed by atoms with Crippen molar-refractivity contribution in [2.24, 2.45) is 0 Å². The fourth-order valence-corrected chi connectivity index (χ4v) is 4.31. The van der Waals surface area contributed by atoms with E-state index >= 15 is 0 Å². The fourth-order valence-electron chi connectivity index (χ4n) is 4.12. The van der Waals surface area contributed by atoms with Crippen LogP contribution >= 0.6 is 11.6 Å². The smallest absolute Gasteiger partial charge is 0.261 e. The fraction of sp³-hybridized carbons (Fsp3) is 0.161. The molecule has 194 valence electrons. The van der Waals surface area contributed by atoms with Gasteiger partial charge >= 0.3 is 0 Å². The van der Waals surface area contributed by atoms with E-state index in [1.165, 1.54) is 0 Å². The zero-order valence-electron chi connectivity index (χ0n) is 21.0. The first-order chi connectivity index (χ1) is 18.6. The van der Waals surface area contributed by atoms with E-state index < -0.39 is 6.04 Å². The maximum Gasteiger partial charge on any atom is 0.261 e. The number of methoxy groups -OCH3 is 1. The number of ether oxygens (including phenoxy) is 2. The molecule has 4 rings (SSSR count). The van der Waals surface area contributed by atoms with Crippen LogP contribution in [0.15, 0.2) is 109 Å². The van der Waals surface area contributed by atoms with Crippen molar-refractivity contribution in [3.63, 3.8) is 0 Å². The summed E-state index contributed by atoms with van der Waals surface area (Å²) in [5.74, 6) is 0.410. The number of rotatable bonds is 11. The highest BCUT2D eigenvalue weighted by Gasteiger charge is 2.32. The van der Waals surface area contributed by atoms with Crippen molar-refractivity contribution in [1.29, 1.82) is 0 Å². The number of carbonyl (C=O) groups is 2. The maximum atomic E-state index is 13.8. The van der Waals surface area contributed by atoms with Crippen LogP contribution in [0.1, 0.15) is 22.7 Å². The Balaban J connectivity index is 1.63. The molecule has 0 heterocycles. The van der Waals surface area contributed by atoms with Crippen molar-refractivity contribution in [2.75, 3.05) is 13.7 Å². The summed E-state index contributed by atoms with van der Waals surface area (Å²) in [6.45, 7) is 0.183. The molecule has 0 radical (unpaired) electrons. The van der Waals surface area contributed by atoms with E-state index in [0.717, 1.165) is 11.1 Å². The van der Waals surface area contributed by atoms with Crippen molar-refractivity contribution >= 4 is 23.4 Å². The Morgan fingerprint density at radius 3 is 2.11 bits per heavy atom.